The lowest BCUT2D eigenvalue weighted by atomic mass is 10.1. The van der Waals surface area contributed by atoms with E-state index in [0.717, 1.165) is 10.5 Å². The van der Waals surface area contributed by atoms with Crippen molar-refractivity contribution in [2.75, 3.05) is 16.8 Å². The van der Waals surface area contributed by atoms with Crippen LogP contribution in [0.15, 0.2) is 58.9 Å². The Labute approximate surface area is 165 Å². The van der Waals surface area contributed by atoms with E-state index >= 15 is 0 Å². The highest BCUT2D eigenvalue weighted by Crippen LogP contribution is 2.31. The first-order valence-corrected chi connectivity index (χ1v) is 8.99. The zero-order chi connectivity index (χ0) is 19.8. The number of carbonyl (C=O) groups excluding carboxylic acids is 3. The predicted molar refractivity (Wildman–Crippen MR) is 103 cm³/mol. The first-order chi connectivity index (χ1) is 13.4. The number of hydrogen-bond donors (Lipinski definition) is 1. The van der Waals surface area contributed by atoms with Crippen molar-refractivity contribution in [1.82, 2.24) is 5.01 Å². The highest BCUT2D eigenvalue weighted by atomic mass is 35.5. The second-order valence-corrected chi connectivity index (χ2v) is 7.03. The van der Waals surface area contributed by atoms with Gasteiger partial charge in [-0.2, -0.15) is 5.11 Å². The van der Waals surface area contributed by atoms with E-state index in [-0.39, 0.29) is 6.54 Å². The molecule has 28 heavy (non-hydrogen) atoms. The summed E-state index contributed by atoms with van der Waals surface area (Å²) in [6.07, 6.45) is 0. The van der Waals surface area contributed by atoms with Crippen LogP contribution in [0.5, 0.6) is 0 Å². The van der Waals surface area contributed by atoms with Gasteiger partial charge < -0.3 is 5.32 Å². The fraction of sp³-hybridized carbons (Fsp3) is 0.211. The summed E-state index contributed by atoms with van der Waals surface area (Å²) in [6, 6.07) is 11.9. The number of hydrogen-bond acceptors (Lipinski definition) is 6. The zero-order valence-corrected chi connectivity index (χ0v) is 15.6. The van der Waals surface area contributed by atoms with Gasteiger partial charge in [0.1, 0.15) is 6.54 Å². The molecule has 1 fully saturated rings. The number of rotatable bonds is 4. The Kier molecular flexibility index (Phi) is 4.56. The molecule has 0 bridgehead atoms. The SMILES string of the molecule is Cc1ccc(N2C(=O)[C@H]3N=NN(CC(=O)Nc4cccc(Cl)c4)[C@@H]3C2=O)cc1. The Bertz CT molecular complexity index is 991. The molecule has 0 aliphatic carbocycles. The van der Waals surface area contributed by atoms with Gasteiger partial charge in [-0.15, -0.1) is 0 Å². The smallest absolute Gasteiger partial charge is 0.263 e. The van der Waals surface area contributed by atoms with Crippen LogP contribution in [0.3, 0.4) is 0 Å². The number of nitrogens with zero attached hydrogens (tertiary/aromatic N) is 4. The van der Waals surface area contributed by atoms with E-state index in [2.05, 4.69) is 15.7 Å². The van der Waals surface area contributed by atoms with Crippen LogP contribution in [0.2, 0.25) is 5.02 Å². The Morgan fingerprint density at radius 3 is 2.61 bits per heavy atom. The quantitative estimate of drug-likeness (QED) is 0.802. The van der Waals surface area contributed by atoms with E-state index < -0.39 is 29.8 Å². The molecule has 142 valence electrons. The first kappa shape index (κ1) is 18.1. The van der Waals surface area contributed by atoms with Crippen molar-refractivity contribution in [3.05, 3.63) is 59.1 Å². The van der Waals surface area contributed by atoms with Crippen LogP contribution in [-0.2, 0) is 14.4 Å². The van der Waals surface area contributed by atoms with Gasteiger partial charge in [-0.25, -0.2) is 4.90 Å². The monoisotopic (exact) mass is 397 g/mol. The van der Waals surface area contributed by atoms with Crippen molar-refractivity contribution in [2.24, 2.45) is 10.3 Å². The second kappa shape index (κ2) is 7.05. The average Bonchev–Trinajstić information content (AvgIpc) is 3.16. The molecule has 2 heterocycles. The highest BCUT2D eigenvalue weighted by Gasteiger charge is 2.55. The third kappa shape index (κ3) is 3.22. The van der Waals surface area contributed by atoms with Gasteiger partial charge >= 0.3 is 0 Å². The molecule has 2 atom stereocenters. The summed E-state index contributed by atoms with van der Waals surface area (Å²) < 4.78 is 0. The van der Waals surface area contributed by atoms with E-state index in [1.54, 1.807) is 36.4 Å². The van der Waals surface area contributed by atoms with Crippen molar-refractivity contribution in [1.29, 1.82) is 0 Å². The van der Waals surface area contributed by atoms with Crippen molar-refractivity contribution in [3.8, 4) is 0 Å². The maximum Gasteiger partial charge on any atom is 0.263 e. The highest BCUT2D eigenvalue weighted by molar-refractivity contribution is 6.31. The third-order valence-corrected chi connectivity index (χ3v) is 4.80. The normalized spacial score (nSPS) is 20.6. The Hall–Kier alpha value is -3.26. The molecule has 0 radical (unpaired) electrons. The van der Waals surface area contributed by atoms with Crippen LogP contribution in [0.25, 0.3) is 0 Å². The molecule has 0 spiro atoms. The van der Waals surface area contributed by atoms with Gasteiger partial charge in [-0.05, 0) is 37.3 Å². The Balaban J connectivity index is 1.48. The van der Waals surface area contributed by atoms with Gasteiger partial charge in [0.05, 0.1) is 5.69 Å². The fourth-order valence-corrected chi connectivity index (χ4v) is 3.41. The minimum atomic E-state index is -0.937. The number of carbonyl (C=O) groups is 3. The topological polar surface area (TPSA) is 94.4 Å². The fourth-order valence-electron chi connectivity index (χ4n) is 3.22. The van der Waals surface area contributed by atoms with E-state index in [1.165, 1.54) is 5.01 Å². The summed E-state index contributed by atoms with van der Waals surface area (Å²) in [5.74, 6) is -1.28. The summed E-state index contributed by atoms with van der Waals surface area (Å²) >= 11 is 5.91. The van der Waals surface area contributed by atoms with Crippen molar-refractivity contribution in [2.45, 2.75) is 19.0 Å². The number of imide groups is 1. The van der Waals surface area contributed by atoms with Gasteiger partial charge in [-0.3, -0.25) is 19.4 Å². The summed E-state index contributed by atoms with van der Waals surface area (Å²) in [5.41, 5.74) is 2.02. The summed E-state index contributed by atoms with van der Waals surface area (Å²) in [4.78, 5) is 39.0. The van der Waals surface area contributed by atoms with Gasteiger partial charge in [0, 0.05) is 10.7 Å². The summed E-state index contributed by atoms with van der Waals surface area (Å²) in [7, 11) is 0. The second-order valence-electron chi connectivity index (χ2n) is 6.60. The van der Waals surface area contributed by atoms with Crippen molar-refractivity contribution < 1.29 is 14.4 Å². The van der Waals surface area contributed by atoms with Gasteiger partial charge in [-0.1, -0.05) is 40.6 Å². The average molecular weight is 398 g/mol. The predicted octanol–water partition coefficient (Wildman–Crippen LogP) is 2.58. The lowest BCUT2D eigenvalue weighted by Crippen LogP contribution is -2.43. The minimum Gasteiger partial charge on any atom is -0.324 e. The summed E-state index contributed by atoms with van der Waals surface area (Å²) in [6.45, 7) is 1.71. The maximum atomic E-state index is 12.9. The molecule has 2 aliphatic rings. The molecule has 2 aliphatic heterocycles. The number of halogens is 1. The van der Waals surface area contributed by atoms with Crippen LogP contribution in [0.4, 0.5) is 11.4 Å². The summed E-state index contributed by atoms with van der Waals surface area (Å²) in [5, 5.41) is 12.2. The molecule has 1 saturated heterocycles. The van der Waals surface area contributed by atoms with Gasteiger partial charge in [0.25, 0.3) is 11.8 Å². The maximum absolute atomic E-state index is 12.9. The molecule has 3 amide bonds. The van der Waals surface area contributed by atoms with Gasteiger partial charge in [0.2, 0.25) is 5.91 Å². The number of amides is 3. The van der Waals surface area contributed by atoms with Crippen LogP contribution in [0, 0.1) is 6.92 Å². The van der Waals surface area contributed by atoms with E-state index in [9.17, 15) is 14.4 Å². The molecule has 0 unspecified atom stereocenters. The molecule has 4 rings (SSSR count). The van der Waals surface area contributed by atoms with E-state index in [4.69, 9.17) is 11.6 Å². The van der Waals surface area contributed by atoms with Crippen molar-refractivity contribution >= 4 is 40.7 Å². The molecular formula is C19H16ClN5O3. The van der Waals surface area contributed by atoms with Crippen molar-refractivity contribution in [3.63, 3.8) is 0 Å². The third-order valence-electron chi connectivity index (χ3n) is 4.56. The number of benzene rings is 2. The number of fused-ring (bicyclic) bond motifs is 1. The lowest BCUT2D eigenvalue weighted by molar-refractivity contribution is -0.123. The number of anilines is 2. The number of aryl methyl sites for hydroxylation is 1. The zero-order valence-electron chi connectivity index (χ0n) is 14.9. The van der Waals surface area contributed by atoms with Crippen LogP contribution in [0.1, 0.15) is 5.56 Å². The molecule has 9 heteroatoms. The molecule has 2 aromatic rings. The van der Waals surface area contributed by atoms with Gasteiger partial charge in [0.15, 0.2) is 12.1 Å². The van der Waals surface area contributed by atoms with Crippen LogP contribution in [-0.4, -0.2) is 41.4 Å². The molecule has 1 N–H and O–H groups in total. The Morgan fingerprint density at radius 2 is 1.89 bits per heavy atom. The van der Waals surface area contributed by atoms with E-state index in [0.29, 0.717) is 16.4 Å². The minimum absolute atomic E-state index is 0.210. The Morgan fingerprint density at radius 1 is 1.14 bits per heavy atom. The number of nitrogens with one attached hydrogen (secondary N) is 1. The lowest BCUT2D eigenvalue weighted by Gasteiger charge is -2.20. The molecular weight excluding hydrogens is 382 g/mol. The first-order valence-electron chi connectivity index (χ1n) is 8.61. The molecule has 2 aromatic carbocycles. The van der Waals surface area contributed by atoms with Crippen LogP contribution < -0.4 is 10.2 Å². The largest absolute Gasteiger partial charge is 0.324 e. The van der Waals surface area contributed by atoms with Crippen LogP contribution >= 0.6 is 11.6 Å². The standard InChI is InChI=1S/C19H16ClN5O3/c1-11-5-7-14(8-6-11)25-18(27)16-17(19(25)28)24(23-22-16)10-15(26)21-13-4-2-3-12(20)9-13/h2-9,16-17H,10H2,1H3,(H,21,26)/t16-,17-/m0/s1. The molecule has 8 nitrogen and oxygen atoms in total. The molecule has 0 saturated carbocycles. The molecule has 0 aromatic heterocycles. The van der Waals surface area contributed by atoms with E-state index in [1.807, 2.05) is 19.1 Å².